The number of hydrogen-bond acceptors (Lipinski definition) is 4. The van der Waals surface area contributed by atoms with Crippen LogP contribution in [-0.4, -0.2) is 21.0 Å². The first kappa shape index (κ1) is 12.4. The maximum absolute atomic E-state index is 11.8. The summed E-state index contributed by atoms with van der Waals surface area (Å²) in [5.74, 6) is 0.0661. The fraction of sp³-hybridized carbons (Fsp3) is 0.214. The molecule has 0 saturated carbocycles. The maximum atomic E-state index is 11.8. The fourth-order valence-electron chi connectivity index (χ4n) is 2.08. The van der Waals surface area contributed by atoms with Crippen LogP contribution in [0.3, 0.4) is 0 Å². The number of amides is 1. The third-order valence-corrected chi connectivity index (χ3v) is 2.99. The van der Waals surface area contributed by atoms with Crippen LogP contribution in [0.1, 0.15) is 27.8 Å². The number of aromatic amines is 1. The minimum atomic E-state index is -0.365. The molecule has 0 bridgehead atoms. The Labute approximate surface area is 115 Å². The lowest BCUT2D eigenvalue weighted by molar-refractivity contribution is 0.0907. The summed E-state index contributed by atoms with van der Waals surface area (Å²) < 4.78 is 4.81. The van der Waals surface area contributed by atoms with E-state index in [0.717, 1.165) is 22.2 Å². The first-order valence-electron chi connectivity index (χ1n) is 6.28. The van der Waals surface area contributed by atoms with E-state index in [-0.39, 0.29) is 11.8 Å². The van der Waals surface area contributed by atoms with Gasteiger partial charge in [-0.15, -0.1) is 0 Å². The lowest BCUT2D eigenvalue weighted by Crippen LogP contribution is -2.23. The molecule has 6 heteroatoms. The molecule has 0 spiro atoms. The van der Waals surface area contributed by atoms with Gasteiger partial charge in [-0.25, -0.2) is 0 Å². The number of carbonyl (C=O) groups excluding carboxylic acids is 1. The van der Waals surface area contributed by atoms with E-state index < -0.39 is 0 Å². The average molecular weight is 270 g/mol. The van der Waals surface area contributed by atoms with Crippen molar-refractivity contribution in [3.05, 3.63) is 47.2 Å². The van der Waals surface area contributed by atoms with Crippen molar-refractivity contribution in [2.75, 3.05) is 0 Å². The highest BCUT2D eigenvalue weighted by molar-refractivity contribution is 5.89. The number of aryl methyl sites for hydroxylation is 2. The fourth-order valence-corrected chi connectivity index (χ4v) is 2.08. The predicted octanol–water partition coefficient (Wildman–Crippen LogP) is 2.10. The summed E-state index contributed by atoms with van der Waals surface area (Å²) in [6.07, 6.45) is 0. The number of carbonyl (C=O) groups is 1. The Hall–Kier alpha value is -2.63. The van der Waals surface area contributed by atoms with E-state index >= 15 is 0 Å². The van der Waals surface area contributed by atoms with Crippen LogP contribution in [-0.2, 0) is 6.54 Å². The summed E-state index contributed by atoms with van der Waals surface area (Å²) in [6, 6.07) is 8.08. The van der Waals surface area contributed by atoms with Crippen molar-refractivity contribution in [3.63, 3.8) is 0 Å². The molecule has 1 aromatic carbocycles. The first-order valence-corrected chi connectivity index (χ1v) is 6.28. The van der Waals surface area contributed by atoms with Gasteiger partial charge in [0.05, 0.1) is 0 Å². The molecule has 0 unspecified atom stereocenters. The highest BCUT2D eigenvalue weighted by Crippen LogP contribution is 2.16. The van der Waals surface area contributed by atoms with E-state index in [9.17, 15) is 4.79 Å². The number of aromatic nitrogens is 3. The quantitative estimate of drug-likeness (QED) is 0.763. The van der Waals surface area contributed by atoms with Crippen LogP contribution < -0.4 is 5.32 Å². The van der Waals surface area contributed by atoms with E-state index in [0.29, 0.717) is 12.4 Å². The number of nitrogens with zero attached hydrogens (tertiary/aromatic N) is 2. The van der Waals surface area contributed by atoms with Crippen LogP contribution in [0.15, 0.2) is 28.8 Å². The monoisotopic (exact) mass is 270 g/mol. The second-order valence-corrected chi connectivity index (χ2v) is 4.70. The zero-order chi connectivity index (χ0) is 14.1. The van der Waals surface area contributed by atoms with Gasteiger partial charge in [-0.3, -0.25) is 4.79 Å². The maximum Gasteiger partial charge on any atom is 0.315 e. The number of H-pyrrole nitrogens is 1. The smallest absolute Gasteiger partial charge is 0.315 e. The summed E-state index contributed by atoms with van der Waals surface area (Å²) in [5.41, 5.74) is 3.22. The van der Waals surface area contributed by atoms with Crippen LogP contribution in [0.2, 0.25) is 0 Å². The number of hydrogen-bond donors (Lipinski definition) is 2. The normalized spacial score (nSPS) is 10.9. The van der Waals surface area contributed by atoms with E-state index in [4.69, 9.17) is 4.52 Å². The Kier molecular flexibility index (Phi) is 2.98. The van der Waals surface area contributed by atoms with E-state index in [1.54, 1.807) is 6.92 Å². The molecular weight excluding hydrogens is 256 g/mol. The van der Waals surface area contributed by atoms with E-state index in [1.165, 1.54) is 0 Å². The van der Waals surface area contributed by atoms with Gasteiger partial charge in [0.2, 0.25) is 0 Å². The summed E-state index contributed by atoms with van der Waals surface area (Å²) in [5, 5.41) is 7.47. The largest absolute Gasteiger partial charge is 0.359 e. The molecule has 0 aliphatic carbocycles. The third-order valence-electron chi connectivity index (χ3n) is 2.99. The minimum Gasteiger partial charge on any atom is -0.359 e. The molecule has 0 fully saturated rings. The minimum absolute atomic E-state index is 0.0129. The van der Waals surface area contributed by atoms with E-state index in [1.807, 2.05) is 25.1 Å². The second kappa shape index (κ2) is 4.80. The summed E-state index contributed by atoms with van der Waals surface area (Å²) in [6.45, 7) is 4.10. The van der Waals surface area contributed by atoms with Crippen molar-refractivity contribution < 1.29 is 9.32 Å². The van der Waals surface area contributed by atoms with Crippen LogP contribution in [0.5, 0.6) is 0 Å². The lowest BCUT2D eigenvalue weighted by atomic mass is 10.1. The number of nitrogens with one attached hydrogen (secondary N) is 2. The SMILES string of the molecule is Cc1noc(C(=O)NCc2ccc3[nH]c(C)cc3c2)n1. The van der Waals surface area contributed by atoms with Gasteiger partial charge in [0.15, 0.2) is 5.82 Å². The van der Waals surface area contributed by atoms with Gasteiger partial charge in [0, 0.05) is 17.8 Å². The van der Waals surface area contributed by atoms with Gasteiger partial charge >= 0.3 is 11.8 Å². The van der Waals surface area contributed by atoms with Gasteiger partial charge in [-0.1, -0.05) is 11.2 Å². The highest BCUT2D eigenvalue weighted by Gasteiger charge is 2.12. The number of fused-ring (bicyclic) bond motifs is 1. The van der Waals surface area contributed by atoms with Crippen molar-refractivity contribution in [2.45, 2.75) is 20.4 Å². The highest BCUT2D eigenvalue weighted by atomic mass is 16.5. The average Bonchev–Trinajstić information content (AvgIpc) is 3.00. The van der Waals surface area contributed by atoms with Crippen LogP contribution in [0.4, 0.5) is 0 Å². The summed E-state index contributed by atoms with van der Waals surface area (Å²) >= 11 is 0. The lowest BCUT2D eigenvalue weighted by Gasteiger charge is -2.02. The van der Waals surface area contributed by atoms with Crippen molar-refractivity contribution in [1.29, 1.82) is 0 Å². The molecule has 6 nitrogen and oxygen atoms in total. The van der Waals surface area contributed by atoms with Crippen molar-refractivity contribution in [2.24, 2.45) is 0 Å². The third kappa shape index (κ3) is 2.40. The zero-order valence-electron chi connectivity index (χ0n) is 11.2. The van der Waals surface area contributed by atoms with Crippen LogP contribution in [0.25, 0.3) is 10.9 Å². The Morgan fingerprint density at radius 2 is 2.20 bits per heavy atom. The number of benzene rings is 1. The van der Waals surface area contributed by atoms with Gasteiger partial charge < -0.3 is 14.8 Å². The molecule has 0 atom stereocenters. The standard InChI is InChI=1S/C14H14N4O2/c1-8-5-11-6-10(3-4-12(11)16-8)7-15-13(19)14-17-9(2)18-20-14/h3-6,16H,7H2,1-2H3,(H,15,19). The predicted molar refractivity (Wildman–Crippen MR) is 73.2 cm³/mol. The van der Waals surface area contributed by atoms with Crippen molar-refractivity contribution in [3.8, 4) is 0 Å². The van der Waals surface area contributed by atoms with Crippen molar-refractivity contribution >= 4 is 16.8 Å². The molecule has 3 aromatic rings. The molecule has 0 aliphatic heterocycles. The molecule has 0 radical (unpaired) electrons. The molecule has 2 N–H and O–H groups in total. The molecule has 2 heterocycles. The molecule has 3 rings (SSSR count). The van der Waals surface area contributed by atoms with E-state index in [2.05, 4.69) is 26.5 Å². The topological polar surface area (TPSA) is 83.8 Å². The molecular formula is C14H14N4O2. The molecule has 2 aromatic heterocycles. The van der Waals surface area contributed by atoms with Crippen molar-refractivity contribution in [1.82, 2.24) is 20.4 Å². The Bertz CT molecular complexity index is 772. The van der Waals surface area contributed by atoms with Gasteiger partial charge in [-0.05, 0) is 43.0 Å². The van der Waals surface area contributed by atoms with Gasteiger partial charge in [0.25, 0.3) is 0 Å². The van der Waals surface area contributed by atoms with Crippen LogP contribution in [0, 0.1) is 13.8 Å². The second-order valence-electron chi connectivity index (χ2n) is 4.70. The number of rotatable bonds is 3. The summed E-state index contributed by atoms with van der Waals surface area (Å²) in [7, 11) is 0. The first-order chi connectivity index (χ1) is 9.61. The molecule has 102 valence electrons. The summed E-state index contributed by atoms with van der Waals surface area (Å²) in [4.78, 5) is 18.9. The molecule has 20 heavy (non-hydrogen) atoms. The zero-order valence-corrected chi connectivity index (χ0v) is 11.2. The Morgan fingerprint density at radius 1 is 1.35 bits per heavy atom. The Morgan fingerprint density at radius 3 is 2.95 bits per heavy atom. The van der Waals surface area contributed by atoms with Crippen LogP contribution >= 0.6 is 0 Å². The molecule has 1 amide bonds. The Balaban J connectivity index is 1.71. The van der Waals surface area contributed by atoms with Gasteiger partial charge in [0.1, 0.15) is 0 Å². The van der Waals surface area contributed by atoms with Gasteiger partial charge in [-0.2, -0.15) is 4.98 Å². The molecule has 0 saturated heterocycles. The molecule has 0 aliphatic rings.